The van der Waals surface area contributed by atoms with Crippen LogP contribution in [0.4, 0.5) is 10.5 Å². The molecule has 2 aromatic rings. The molecule has 0 saturated heterocycles. The summed E-state index contributed by atoms with van der Waals surface area (Å²) in [6.07, 6.45) is 1.82. The van der Waals surface area contributed by atoms with Gasteiger partial charge >= 0.3 is 12.0 Å². The minimum absolute atomic E-state index is 0.350. The highest BCUT2D eigenvalue weighted by molar-refractivity contribution is 6.31. The SMILES string of the molecule is O=C(O)/C=C/NC(=O)Nc1cc(Cl)ccc1Oc1ccccc1. The predicted molar refractivity (Wildman–Crippen MR) is 86.9 cm³/mol. The highest BCUT2D eigenvalue weighted by atomic mass is 35.5. The first-order valence-electron chi connectivity index (χ1n) is 6.54. The predicted octanol–water partition coefficient (Wildman–Crippen LogP) is 3.85. The first-order valence-corrected chi connectivity index (χ1v) is 6.92. The smallest absolute Gasteiger partial charge is 0.329 e. The lowest BCUT2D eigenvalue weighted by molar-refractivity contribution is -0.131. The standard InChI is InChI=1S/C16H13ClN2O4/c17-11-6-7-14(23-12-4-2-1-3-5-12)13(10-11)19-16(22)18-9-8-15(20)21/h1-10H,(H,20,21)(H2,18,19,22)/b9-8+. The lowest BCUT2D eigenvalue weighted by Crippen LogP contribution is -2.24. The van der Waals surface area contributed by atoms with E-state index < -0.39 is 12.0 Å². The topological polar surface area (TPSA) is 87.7 Å². The summed E-state index contributed by atoms with van der Waals surface area (Å²) in [5.74, 6) is -0.164. The van der Waals surface area contributed by atoms with Gasteiger partial charge in [-0.2, -0.15) is 0 Å². The minimum atomic E-state index is -1.17. The Hall–Kier alpha value is -2.99. The molecule has 0 aliphatic heterocycles. The third-order valence-corrected chi connectivity index (χ3v) is 2.84. The largest absolute Gasteiger partial charge is 0.478 e. The third-order valence-electron chi connectivity index (χ3n) is 2.60. The van der Waals surface area contributed by atoms with Crippen LogP contribution in [0.2, 0.25) is 5.02 Å². The Morgan fingerprint density at radius 1 is 1.13 bits per heavy atom. The number of hydrogen-bond donors (Lipinski definition) is 3. The Morgan fingerprint density at radius 3 is 2.57 bits per heavy atom. The van der Waals surface area contributed by atoms with Crippen molar-refractivity contribution < 1.29 is 19.4 Å². The molecular weight excluding hydrogens is 320 g/mol. The Kier molecular flexibility index (Phi) is 5.60. The first kappa shape index (κ1) is 16.4. The van der Waals surface area contributed by atoms with Crippen LogP contribution in [0.25, 0.3) is 0 Å². The van der Waals surface area contributed by atoms with Crippen molar-refractivity contribution in [1.29, 1.82) is 0 Å². The lowest BCUT2D eigenvalue weighted by atomic mass is 10.3. The average Bonchev–Trinajstić information content (AvgIpc) is 2.50. The number of hydrogen-bond acceptors (Lipinski definition) is 3. The summed E-state index contributed by atoms with van der Waals surface area (Å²) in [5, 5.41) is 13.7. The lowest BCUT2D eigenvalue weighted by Gasteiger charge is -2.12. The maximum atomic E-state index is 11.7. The second kappa shape index (κ2) is 7.86. The first-order chi connectivity index (χ1) is 11.0. The second-order valence-corrected chi connectivity index (χ2v) is 4.76. The third kappa shape index (κ3) is 5.37. The van der Waals surface area contributed by atoms with Crippen LogP contribution in [0.5, 0.6) is 11.5 Å². The van der Waals surface area contributed by atoms with Gasteiger partial charge in [-0.15, -0.1) is 0 Å². The molecule has 0 saturated carbocycles. The number of aliphatic carboxylic acids is 1. The molecule has 0 atom stereocenters. The van der Waals surface area contributed by atoms with Gasteiger partial charge < -0.3 is 20.5 Å². The van der Waals surface area contributed by atoms with Crippen LogP contribution in [-0.2, 0) is 4.79 Å². The van der Waals surface area contributed by atoms with E-state index >= 15 is 0 Å². The number of carbonyl (C=O) groups is 2. The summed E-state index contributed by atoms with van der Waals surface area (Å²) in [6.45, 7) is 0. The molecule has 2 aromatic carbocycles. The maximum absolute atomic E-state index is 11.7. The van der Waals surface area contributed by atoms with Crippen LogP contribution >= 0.6 is 11.6 Å². The van der Waals surface area contributed by atoms with Crippen LogP contribution in [0, 0.1) is 0 Å². The zero-order valence-electron chi connectivity index (χ0n) is 11.8. The zero-order valence-corrected chi connectivity index (χ0v) is 12.6. The Labute approximate surface area is 137 Å². The zero-order chi connectivity index (χ0) is 16.7. The number of rotatable bonds is 5. The van der Waals surface area contributed by atoms with Crippen molar-refractivity contribution >= 4 is 29.3 Å². The molecule has 2 rings (SSSR count). The number of anilines is 1. The van der Waals surface area contributed by atoms with Gasteiger partial charge in [0.05, 0.1) is 5.69 Å². The van der Waals surface area contributed by atoms with Crippen LogP contribution in [0.15, 0.2) is 60.8 Å². The van der Waals surface area contributed by atoms with E-state index in [1.165, 1.54) is 6.07 Å². The number of carboxylic acid groups (broad SMARTS) is 1. The molecular formula is C16H13ClN2O4. The fourth-order valence-electron chi connectivity index (χ4n) is 1.65. The van der Waals surface area contributed by atoms with Gasteiger partial charge in [0.1, 0.15) is 5.75 Å². The molecule has 0 fully saturated rings. The molecule has 0 heterocycles. The summed E-state index contributed by atoms with van der Waals surface area (Å²) in [4.78, 5) is 22.1. The number of benzene rings is 2. The highest BCUT2D eigenvalue weighted by Gasteiger charge is 2.09. The molecule has 3 N–H and O–H groups in total. The molecule has 0 radical (unpaired) electrons. The molecule has 0 bridgehead atoms. The van der Waals surface area contributed by atoms with Gasteiger partial charge in [0.25, 0.3) is 0 Å². The van der Waals surface area contributed by atoms with Gasteiger partial charge in [0, 0.05) is 17.3 Å². The number of carboxylic acids is 1. The van der Waals surface area contributed by atoms with Crippen molar-refractivity contribution in [3.05, 3.63) is 65.8 Å². The van der Waals surface area contributed by atoms with Crippen molar-refractivity contribution in [1.82, 2.24) is 5.32 Å². The molecule has 0 aliphatic rings. The molecule has 7 heteroatoms. The van der Waals surface area contributed by atoms with Crippen LogP contribution in [-0.4, -0.2) is 17.1 Å². The summed E-state index contributed by atoms with van der Waals surface area (Å²) in [6, 6.07) is 13.2. The van der Waals surface area contributed by atoms with Crippen LogP contribution < -0.4 is 15.4 Å². The fraction of sp³-hybridized carbons (Fsp3) is 0. The number of nitrogens with one attached hydrogen (secondary N) is 2. The number of para-hydroxylation sites is 1. The van der Waals surface area contributed by atoms with E-state index in [1.54, 1.807) is 24.3 Å². The normalized spacial score (nSPS) is 10.3. The molecule has 0 spiro atoms. The Bertz CT molecular complexity index is 732. The van der Waals surface area contributed by atoms with Crippen LogP contribution in [0.1, 0.15) is 0 Å². The van der Waals surface area contributed by atoms with E-state index in [4.69, 9.17) is 21.4 Å². The van der Waals surface area contributed by atoms with Gasteiger partial charge in [-0.25, -0.2) is 9.59 Å². The molecule has 6 nitrogen and oxygen atoms in total. The van der Waals surface area contributed by atoms with E-state index in [1.807, 2.05) is 18.2 Å². The summed E-state index contributed by atoms with van der Waals surface area (Å²) >= 11 is 5.93. The number of urea groups is 1. The van der Waals surface area contributed by atoms with Gasteiger partial charge in [-0.05, 0) is 30.3 Å². The number of halogens is 1. The quantitative estimate of drug-likeness (QED) is 0.726. The van der Waals surface area contributed by atoms with Crippen molar-refractivity contribution in [3.63, 3.8) is 0 Å². The number of amides is 2. The van der Waals surface area contributed by atoms with Crippen molar-refractivity contribution in [2.45, 2.75) is 0 Å². The van der Waals surface area contributed by atoms with Crippen molar-refractivity contribution in [3.8, 4) is 11.5 Å². The molecule has 0 unspecified atom stereocenters. The fourth-order valence-corrected chi connectivity index (χ4v) is 1.82. The molecule has 23 heavy (non-hydrogen) atoms. The highest BCUT2D eigenvalue weighted by Crippen LogP contribution is 2.31. The number of carbonyl (C=O) groups excluding carboxylic acids is 1. The average molecular weight is 333 g/mol. The van der Waals surface area contributed by atoms with Gasteiger partial charge in [-0.3, -0.25) is 0 Å². The van der Waals surface area contributed by atoms with Crippen molar-refractivity contribution in [2.24, 2.45) is 0 Å². The van der Waals surface area contributed by atoms with E-state index in [0.717, 1.165) is 12.3 Å². The van der Waals surface area contributed by atoms with E-state index in [-0.39, 0.29) is 0 Å². The van der Waals surface area contributed by atoms with E-state index in [2.05, 4.69) is 10.6 Å². The molecule has 118 valence electrons. The van der Waals surface area contributed by atoms with Gasteiger partial charge in [0.15, 0.2) is 5.75 Å². The Morgan fingerprint density at radius 2 is 1.87 bits per heavy atom. The van der Waals surface area contributed by atoms with Crippen LogP contribution in [0.3, 0.4) is 0 Å². The Balaban J connectivity index is 2.12. The minimum Gasteiger partial charge on any atom is -0.478 e. The molecule has 2 amide bonds. The van der Waals surface area contributed by atoms with Gasteiger partial charge in [-0.1, -0.05) is 29.8 Å². The molecule has 0 aliphatic carbocycles. The van der Waals surface area contributed by atoms with Gasteiger partial charge in [0.2, 0.25) is 0 Å². The monoisotopic (exact) mass is 332 g/mol. The summed E-state index contributed by atoms with van der Waals surface area (Å²) in [7, 11) is 0. The maximum Gasteiger partial charge on any atom is 0.329 e. The second-order valence-electron chi connectivity index (χ2n) is 4.33. The number of ether oxygens (including phenoxy) is 1. The molecule has 0 aromatic heterocycles. The van der Waals surface area contributed by atoms with Crippen molar-refractivity contribution in [2.75, 3.05) is 5.32 Å². The van der Waals surface area contributed by atoms with E-state index in [9.17, 15) is 9.59 Å². The van der Waals surface area contributed by atoms with E-state index in [0.29, 0.717) is 22.2 Å². The summed E-state index contributed by atoms with van der Waals surface area (Å²) < 4.78 is 5.69. The summed E-state index contributed by atoms with van der Waals surface area (Å²) in [5.41, 5.74) is 0.350.